The minimum atomic E-state index is -0.0127. The molecule has 29 heavy (non-hydrogen) atoms. The highest BCUT2D eigenvalue weighted by atomic mass is 16.1. The molecule has 0 atom stereocenters. The minimum absolute atomic E-state index is 0.00409. The summed E-state index contributed by atoms with van der Waals surface area (Å²) in [4.78, 5) is 12.8. The molecule has 2 heterocycles. The van der Waals surface area contributed by atoms with E-state index in [1.54, 1.807) is 0 Å². The Bertz CT molecular complexity index is 1000. The molecule has 0 spiro atoms. The van der Waals surface area contributed by atoms with Crippen molar-refractivity contribution in [2.75, 3.05) is 0 Å². The van der Waals surface area contributed by atoms with Gasteiger partial charge in [-0.25, -0.2) is 4.68 Å². The summed E-state index contributed by atoms with van der Waals surface area (Å²) in [6.45, 7) is 9.38. The van der Waals surface area contributed by atoms with E-state index in [9.17, 15) is 4.79 Å². The standard InChI is InChI=1S/C23H29N5O/c1-22(2)13-18(14-23(3,4)26-22)24-21(29)17-11-9-16(10-12-17)15-28-20-8-6-5-7-19(20)25-27-28/h5-12,18,26H,13-15H2,1-4H3,(H,24,29). The summed E-state index contributed by atoms with van der Waals surface area (Å²) < 4.78 is 1.88. The van der Waals surface area contributed by atoms with Crippen molar-refractivity contribution in [1.82, 2.24) is 25.6 Å². The topological polar surface area (TPSA) is 71.8 Å². The van der Waals surface area contributed by atoms with Gasteiger partial charge in [-0.15, -0.1) is 5.10 Å². The maximum absolute atomic E-state index is 12.8. The molecule has 1 aromatic heterocycles. The number of fused-ring (bicyclic) bond motifs is 1. The van der Waals surface area contributed by atoms with E-state index in [0.29, 0.717) is 12.1 Å². The number of carbonyl (C=O) groups is 1. The molecule has 0 unspecified atom stereocenters. The summed E-state index contributed by atoms with van der Waals surface area (Å²) in [6, 6.07) is 15.8. The van der Waals surface area contributed by atoms with Crippen LogP contribution < -0.4 is 10.6 Å². The first-order chi connectivity index (χ1) is 13.7. The molecule has 2 N–H and O–H groups in total. The number of piperidine rings is 1. The Labute approximate surface area is 171 Å². The van der Waals surface area contributed by atoms with Gasteiger partial charge in [0.25, 0.3) is 5.91 Å². The first-order valence-corrected chi connectivity index (χ1v) is 10.2. The monoisotopic (exact) mass is 391 g/mol. The number of para-hydroxylation sites is 1. The minimum Gasteiger partial charge on any atom is -0.349 e. The molecule has 152 valence electrons. The average molecular weight is 392 g/mol. The first kappa shape index (κ1) is 19.6. The molecule has 3 aromatic rings. The van der Waals surface area contributed by atoms with Crippen molar-refractivity contribution in [3.63, 3.8) is 0 Å². The molecule has 0 radical (unpaired) electrons. The number of hydrogen-bond acceptors (Lipinski definition) is 4. The largest absolute Gasteiger partial charge is 0.349 e. The lowest BCUT2D eigenvalue weighted by molar-refractivity contribution is 0.0873. The van der Waals surface area contributed by atoms with Crippen molar-refractivity contribution >= 4 is 16.9 Å². The van der Waals surface area contributed by atoms with Gasteiger partial charge in [-0.3, -0.25) is 4.79 Å². The fourth-order valence-electron chi connectivity index (χ4n) is 4.66. The summed E-state index contributed by atoms with van der Waals surface area (Å²) in [5.74, 6) is -0.0127. The molecular weight excluding hydrogens is 362 g/mol. The zero-order chi connectivity index (χ0) is 20.6. The Kier molecular flexibility index (Phi) is 4.90. The fraction of sp³-hybridized carbons (Fsp3) is 0.435. The predicted molar refractivity (Wildman–Crippen MR) is 115 cm³/mol. The van der Waals surface area contributed by atoms with Crippen molar-refractivity contribution in [2.45, 2.75) is 64.2 Å². The summed E-state index contributed by atoms with van der Waals surface area (Å²) in [5.41, 5.74) is 3.67. The predicted octanol–water partition coefficient (Wildman–Crippen LogP) is 3.52. The number of rotatable bonds is 4. The van der Waals surface area contributed by atoms with Gasteiger partial charge in [-0.2, -0.15) is 0 Å². The van der Waals surface area contributed by atoms with Crippen LogP contribution in [0.3, 0.4) is 0 Å². The van der Waals surface area contributed by atoms with Crippen LogP contribution in [0.2, 0.25) is 0 Å². The van der Waals surface area contributed by atoms with Crippen molar-refractivity contribution in [3.05, 3.63) is 59.7 Å². The molecule has 0 aliphatic carbocycles. The van der Waals surface area contributed by atoms with E-state index in [0.717, 1.165) is 29.4 Å². The summed E-state index contributed by atoms with van der Waals surface area (Å²) in [6.07, 6.45) is 1.83. The quantitative estimate of drug-likeness (QED) is 0.714. The van der Waals surface area contributed by atoms with Gasteiger partial charge in [0, 0.05) is 22.7 Å². The zero-order valence-electron chi connectivity index (χ0n) is 17.6. The van der Waals surface area contributed by atoms with Gasteiger partial charge in [0.15, 0.2) is 0 Å². The lowest BCUT2D eigenvalue weighted by atomic mass is 9.79. The normalized spacial score (nSPS) is 18.6. The molecular formula is C23H29N5O. The van der Waals surface area contributed by atoms with Crippen LogP contribution in [0.5, 0.6) is 0 Å². The number of nitrogens with zero attached hydrogens (tertiary/aromatic N) is 3. The van der Waals surface area contributed by atoms with Crippen LogP contribution in [0.1, 0.15) is 56.5 Å². The van der Waals surface area contributed by atoms with E-state index >= 15 is 0 Å². The number of benzene rings is 2. The summed E-state index contributed by atoms with van der Waals surface area (Å²) in [7, 11) is 0. The van der Waals surface area contributed by atoms with Gasteiger partial charge in [0.1, 0.15) is 5.52 Å². The average Bonchev–Trinajstić information content (AvgIpc) is 3.03. The highest BCUT2D eigenvalue weighted by molar-refractivity contribution is 5.94. The molecule has 4 rings (SSSR count). The first-order valence-electron chi connectivity index (χ1n) is 10.2. The van der Waals surface area contributed by atoms with E-state index < -0.39 is 0 Å². The van der Waals surface area contributed by atoms with E-state index in [4.69, 9.17) is 0 Å². The van der Waals surface area contributed by atoms with Crippen LogP contribution in [-0.2, 0) is 6.54 Å². The number of nitrogens with one attached hydrogen (secondary N) is 2. The van der Waals surface area contributed by atoms with Crippen molar-refractivity contribution < 1.29 is 4.79 Å². The van der Waals surface area contributed by atoms with Gasteiger partial charge in [-0.05, 0) is 70.4 Å². The lowest BCUT2D eigenvalue weighted by Gasteiger charge is -2.46. The Morgan fingerprint density at radius 3 is 2.41 bits per heavy atom. The van der Waals surface area contributed by atoms with Crippen LogP contribution >= 0.6 is 0 Å². The Balaban J connectivity index is 1.43. The van der Waals surface area contributed by atoms with E-state index in [2.05, 4.69) is 48.6 Å². The Morgan fingerprint density at radius 2 is 1.72 bits per heavy atom. The Morgan fingerprint density at radius 1 is 1.07 bits per heavy atom. The summed E-state index contributed by atoms with van der Waals surface area (Å²) >= 11 is 0. The van der Waals surface area contributed by atoms with Crippen molar-refractivity contribution in [3.8, 4) is 0 Å². The molecule has 2 aromatic carbocycles. The molecule has 1 aliphatic heterocycles. The second-order valence-electron chi connectivity index (χ2n) is 9.40. The molecule has 6 nitrogen and oxygen atoms in total. The van der Waals surface area contributed by atoms with Crippen LogP contribution in [0, 0.1) is 0 Å². The van der Waals surface area contributed by atoms with Crippen LogP contribution in [-0.4, -0.2) is 38.0 Å². The molecule has 1 aliphatic rings. The van der Waals surface area contributed by atoms with Crippen LogP contribution in [0.25, 0.3) is 11.0 Å². The lowest BCUT2D eigenvalue weighted by Crippen LogP contribution is -2.62. The van der Waals surface area contributed by atoms with Crippen molar-refractivity contribution in [2.24, 2.45) is 0 Å². The van der Waals surface area contributed by atoms with E-state index in [-0.39, 0.29) is 23.0 Å². The molecule has 0 saturated carbocycles. The van der Waals surface area contributed by atoms with E-state index in [1.807, 2.05) is 53.2 Å². The molecule has 1 fully saturated rings. The fourth-order valence-corrected chi connectivity index (χ4v) is 4.66. The van der Waals surface area contributed by atoms with Crippen LogP contribution in [0.15, 0.2) is 48.5 Å². The SMILES string of the molecule is CC1(C)CC(NC(=O)c2ccc(Cn3nnc4ccccc43)cc2)CC(C)(C)N1. The number of carbonyl (C=O) groups excluding carboxylic acids is 1. The summed E-state index contributed by atoms with van der Waals surface area (Å²) in [5, 5.41) is 15.3. The highest BCUT2D eigenvalue weighted by Gasteiger charge is 2.38. The third-order valence-electron chi connectivity index (χ3n) is 5.49. The third-order valence-corrected chi connectivity index (χ3v) is 5.49. The molecule has 1 amide bonds. The second kappa shape index (κ2) is 7.26. The van der Waals surface area contributed by atoms with Gasteiger partial charge < -0.3 is 10.6 Å². The van der Waals surface area contributed by atoms with Crippen LogP contribution in [0.4, 0.5) is 0 Å². The van der Waals surface area contributed by atoms with Crippen molar-refractivity contribution in [1.29, 1.82) is 0 Å². The highest BCUT2D eigenvalue weighted by Crippen LogP contribution is 2.28. The van der Waals surface area contributed by atoms with E-state index in [1.165, 1.54) is 0 Å². The molecule has 6 heteroatoms. The van der Waals surface area contributed by atoms with Gasteiger partial charge in [0.05, 0.1) is 12.1 Å². The number of hydrogen-bond donors (Lipinski definition) is 2. The maximum Gasteiger partial charge on any atom is 0.251 e. The zero-order valence-corrected chi connectivity index (χ0v) is 17.6. The maximum atomic E-state index is 12.8. The third kappa shape index (κ3) is 4.48. The molecule has 1 saturated heterocycles. The second-order valence-corrected chi connectivity index (χ2v) is 9.40. The smallest absolute Gasteiger partial charge is 0.251 e. The Hall–Kier alpha value is -2.73. The molecule has 0 bridgehead atoms. The van der Waals surface area contributed by atoms with Gasteiger partial charge in [0.2, 0.25) is 0 Å². The number of aromatic nitrogens is 3. The van der Waals surface area contributed by atoms with Gasteiger partial charge in [-0.1, -0.05) is 29.5 Å². The van der Waals surface area contributed by atoms with Gasteiger partial charge >= 0.3 is 0 Å². The number of amides is 1.